The summed E-state index contributed by atoms with van der Waals surface area (Å²) in [5, 5.41) is 0. The molecule has 2 aromatic carbocycles. The Balaban J connectivity index is 2.13. The molecule has 0 aliphatic carbocycles. The van der Waals surface area contributed by atoms with Gasteiger partial charge in [-0.3, -0.25) is 4.31 Å². The highest BCUT2D eigenvalue weighted by atomic mass is 35.5. The third-order valence-electron chi connectivity index (χ3n) is 3.59. The first kappa shape index (κ1) is 14.4. The van der Waals surface area contributed by atoms with Gasteiger partial charge in [-0.15, -0.1) is 11.6 Å². The Bertz CT molecular complexity index is 792. The molecule has 0 spiro atoms. The third kappa shape index (κ3) is 2.40. The molecule has 3 nitrogen and oxygen atoms in total. The van der Waals surface area contributed by atoms with E-state index in [4.69, 9.17) is 11.6 Å². The molecule has 21 heavy (non-hydrogen) atoms. The van der Waals surface area contributed by atoms with Crippen LogP contribution in [0.5, 0.6) is 0 Å². The maximum atomic E-state index is 13.5. The van der Waals surface area contributed by atoms with E-state index < -0.39 is 15.8 Å². The Hall–Kier alpha value is -1.59. The number of para-hydroxylation sites is 1. The molecule has 1 heterocycles. The van der Waals surface area contributed by atoms with Gasteiger partial charge in [0.15, 0.2) is 0 Å². The fourth-order valence-corrected chi connectivity index (χ4v) is 4.61. The Labute approximate surface area is 128 Å². The van der Waals surface area contributed by atoms with Gasteiger partial charge < -0.3 is 0 Å². The molecule has 0 fully saturated rings. The molecule has 0 amide bonds. The first-order chi connectivity index (χ1) is 10.0. The summed E-state index contributed by atoms with van der Waals surface area (Å²) in [6, 6.07) is 11.0. The molecule has 0 atom stereocenters. The lowest BCUT2D eigenvalue weighted by atomic mass is 10.2. The van der Waals surface area contributed by atoms with E-state index in [0.29, 0.717) is 24.2 Å². The SMILES string of the molecule is O=S(=O)(c1cc(F)ccc1CCl)N1CCc2ccccc21. The standard InChI is InChI=1S/C15H13ClFNO2S/c16-10-12-5-6-13(17)9-15(12)21(19,20)18-8-7-11-3-1-2-4-14(11)18/h1-6,9H,7-8,10H2. The van der Waals surface area contributed by atoms with Crippen molar-refractivity contribution < 1.29 is 12.8 Å². The minimum atomic E-state index is -3.81. The van der Waals surface area contributed by atoms with E-state index in [1.165, 1.54) is 16.4 Å². The molecule has 3 rings (SSSR count). The zero-order valence-corrected chi connectivity index (χ0v) is 12.7. The van der Waals surface area contributed by atoms with E-state index in [2.05, 4.69) is 0 Å². The molecule has 110 valence electrons. The molecular weight excluding hydrogens is 313 g/mol. The van der Waals surface area contributed by atoms with Crippen LogP contribution < -0.4 is 4.31 Å². The quantitative estimate of drug-likeness (QED) is 0.812. The molecule has 0 aromatic heterocycles. The zero-order chi connectivity index (χ0) is 15.0. The number of sulfonamides is 1. The number of hydrogen-bond donors (Lipinski definition) is 0. The fourth-order valence-electron chi connectivity index (χ4n) is 2.56. The summed E-state index contributed by atoms with van der Waals surface area (Å²) in [6.45, 7) is 0.361. The highest BCUT2D eigenvalue weighted by Gasteiger charge is 2.32. The third-order valence-corrected chi connectivity index (χ3v) is 5.77. The van der Waals surface area contributed by atoms with Crippen LogP contribution in [0.2, 0.25) is 0 Å². The van der Waals surface area contributed by atoms with Crippen molar-refractivity contribution in [2.24, 2.45) is 0 Å². The van der Waals surface area contributed by atoms with Gasteiger partial charge >= 0.3 is 0 Å². The van der Waals surface area contributed by atoms with Crippen LogP contribution in [0, 0.1) is 5.82 Å². The molecule has 0 bridgehead atoms. The lowest BCUT2D eigenvalue weighted by molar-refractivity contribution is 0.586. The van der Waals surface area contributed by atoms with Crippen LogP contribution >= 0.6 is 11.6 Å². The van der Waals surface area contributed by atoms with Gasteiger partial charge in [0.2, 0.25) is 0 Å². The molecule has 2 aromatic rings. The molecule has 0 radical (unpaired) electrons. The predicted octanol–water partition coefficient (Wildman–Crippen LogP) is 3.32. The van der Waals surface area contributed by atoms with Crippen molar-refractivity contribution >= 4 is 27.3 Å². The van der Waals surface area contributed by atoms with E-state index >= 15 is 0 Å². The Morgan fingerprint density at radius 1 is 1.19 bits per heavy atom. The molecule has 0 saturated heterocycles. The summed E-state index contributed by atoms with van der Waals surface area (Å²) in [4.78, 5) is -0.0609. The second kappa shape index (κ2) is 5.31. The number of halogens is 2. The zero-order valence-electron chi connectivity index (χ0n) is 11.1. The first-order valence-corrected chi connectivity index (χ1v) is 8.46. The molecule has 0 saturated carbocycles. The molecule has 0 N–H and O–H groups in total. The topological polar surface area (TPSA) is 37.4 Å². The summed E-state index contributed by atoms with van der Waals surface area (Å²) in [5.41, 5.74) is 2.04. The van der Waals surface area contributed by atoms with Crippen LogP contribution in [0.15, 0.2) is 47.4 Å². The second-order valence-corrected chi connectivity index (χ2v) is 6.94. The molecule has 1 aliphatic heterocycles. The largest absolute Gasteiger partial charge is 0.266 e. The average molecular weight is 326 g/mol. The van der Waals surface area contributed by atoms with Crippen LogP contribution in [0.3, 0.4) is 0 Å². The van der Waals surface area contributed by atoms with Gasteiger partial charge in [-0.1, -0.05) is 24.3 Å². The Kier molecular flexibility index (Phi) is 3.63. The lowest BCUT2D eigenvalue weighted by Gasteiger charge is -2.21. The monoisotopic (exact) mass is 325 g/mol. The maximum absolute atomic E-state index is 13.5. The number of anilines is 1. The van der Waals surface area contributed by atoms with Crippen LogP contribution in [0.4, 0.5) is 10.1 Å². The minimum Gasteiger partial charge on any atom is -0.266 e. The van der Waals surface area contributed by atoms with Crippen LogP contribution in [-0.2, 0) is 22.3 Å². The number of nitrogens with zero attached hydrogens (tertiary/aromatic N) is 1. The van der Waals surface area contributed by atoms with Crippen molar-refractivity contribution in [2.45, 2.75) is 17.2 Å². The van der Waals surface area contributed by atoms with E-state index in [1.54, 1.807) is 12.1 Å². The smallest absolute Gasteiger partial charge is 0.264 e. The molecular formula is C15H13ClFNO2S. The highest BCUT2D eigenvalue weighted by molar-refractivity contribution is 7.93. The maximum Gasteiger partial charge on any atom is 0.264 e. The van der Waals surface area contributed by atoms with Crippen LogP contribution in [0.1, 0.15) is 11.1 Å². The van der Waals surface area contributed by atoms with E-state index in [-0.39, 0.29) is 10.8 Å². The number of benzene rings is 2. The van der Waals surface area contributed by atoms with Crippen molar-refractivity contribution in [3.63, 3.8) is 0 Å². The second-order valence-electron chi connectivity index (χ2n) is 4.84. The number of alkyl halides is 1. The molecule has 1 aliphatic rings. The van der Waals surface area contributed by atoms with Crippen LogP contribution in [-0.4, -0.2) is 15.0 Å². The van der Waals surface area contributed by atoms with Gasteiger partial charge in [0.05, 0.1) is 10.6 Å². The van der Waals surface area contributed by atoms with Crippen molar-refractivity contribution in [3.05, 3.63) is 59.4 Å². The van der Waals surface area contributed by atoms with Gasteiger partial charge in [-0.05, 0) is 35.7 Å². The summed E-state index contributed by atoms with van der Waals surface area (Å²) < 4.78 is 40.5. The van der Waals surface area contributed by atoms with Gasteiger partial charge in [0.25, 0.3) is 10.0 Å². The summed E-state index contributed by atoms with van der Waals surface area (Å²) in [5.74, 6) is -0.570. The average Bonchev–Trinajstić information content (AvgIpc) is 2.92. The summed E-state index contributed by atoms with van der Waals surface area (Å²) in [6.07, 6.45) is 0.654. The Morgan fingerprint density at radius 3 is 2.71 bits per heavy atom. The van der Waals surface area contributed by atoms with Gasteiger partial charge in [0.1, 0.15) is 5.82 Å². The molecule has 6 heteroatoms. The number of rotatable bonds is 3. The van der Waals surface area contributed by atoms with Gasteiger partial charge in [-0.25, -0.2) is 12.8 Å². The number of hydrogen-bond acceptors (Lipinski definition) is 2. The van der Waals surface area contributed by atoms with Crippen molar-refractivity contribution in [3.8, 4) is 0 Å². The molecule has 0 unspecified atom stereocenters. The summed E-state index contributed by atoms with van der Waals surface area (Å²) >= 11 is 5.79. The van der Waals surface area contributed by atoms with E-state index in [1.807, 2.05) is 12.1 Å². The summed E-state index contributed by atoms with van der Waals surface area (Å²) in [7, 11) is -3.81. The fraction of sp³-hybridized carbons (Fsp3) is 0.200. The van der Waals surface area contributed by atoms with Gasteiger partial charge in [-0.2, -0.15) is 0 Å². The lowest BCUT2D eigenvalue weighted by Crippen LogP contribution is -2.30. The highest BCUT2D eigenvalue weighted by Crippen LogP contribution is 2.34. The van der Waals surface area contributed by atoms with E-state index in [0.717, 1.165) is 11.6 Å². The minimum absolute atomic E-state index is 0.0182. The predicted molar refractivity (Wildman–Crippen MR) is 80.6 cm³/mol. The van der Waals surface area contributed by atoms with Gasteiger partial charge in [0, 0.05) is 12.4 Å². The Morgan fingerprint density at radius 2 is 1.95 bits per heavy atom. The van der Waals surface area contributed by atoms with E-state index in [9.17, 15) is 12.8 Å². The first-order valence-electron chi connectivity index (χ1n) is 6.49. The normalized spacial score (nSPS) is 14.3. The van der Waals surface area contributed by atoms with Crippen LogP contribution in [0.25, 0.3) is 0 Å². The van der Waals surface area contributed by atoms with Crippen molar-refractivity contribution in [2.75, 3.05) is 10.8 Å². The number of fused-ring (bicyclic) bond motifs is 1. The van der Waals surface area contributed by atoms with Crippen molar-refractivity contribution in [1.82, 2.24) is 0 Å². The van der Waals surface area contributed by atoms with Crippen molar-refractivity contribution in [1.29, 1.82) is 0 Å².